The zero-order valence-electron chi connectivity index (χ0n) is 9.62. The highest BCUT2D eigenvalue weighted by molar-refractivity contribution is 5.70. The van der Waals surface area contributed by atoms with Crippen molar-refractivity contribution in [3.05, 3.63) is 12.2 Å². The van der Waals surface area contributed by atoms with Gasteiger partial charge in [0.25, 0.3) is 0 Å². The van der Waals surface area contributed by atoms with E-state index in [4.69, 9.17) is 9.84 Å². The third kappa shape index (κ3) is 2.96. The second-order valence-electron chi connectivity index (χ2n) is 4.78. The van der Waals surface area contributed by atoms with Crippen molar-refractivity contribution in [2.45, 2.75) is 38.8 Å². The molecule has 1 amide bonds. The number of ether oxygens (including phenoxy) is 1. The zero-order chi connectivity index (χ0) is 11.6. The molecule has 4 heteroatoms. The van der Waals surface area contributed by atoms with Crippen LogP contribution in [0.3, 0.4) is 0 Å². The Hall–Kier alpha value is -1.03. The first-order chi connectivity index (χ1) is 6.85. The Morgan fingerprint density at radius 2 is 2.27 bits per heavy atom. The van der Waals surface area contributed by atoms with Crippen molar-refractivity contribution in [2.24, 2.45) is 0 Å². The lowest BCUT2D eigenvalue weighted by atomic mass is 10.1. The summed E-state index contributed by atoms with van der Waals surface area (Å²) in [6, 6.07) is -0.278. The molecule has 15 heavy (non-hydrogen) atoms. The molecule has 0 aliphatic carbocycles. The summed E-state index contributed by atoms with van der Waals surface area (Å²) in [5, 5.41) is 9.14. The Kier molecular flexibility index (Phi) is 3.39. The minimum absolute atomic E-state index is 0.0852. The number of hydrogen-bond donors (Lipinski definition) is 1. The molecule has 1 fully saturated rings. The zero-order valence-corrected chi connectivity index (χ0v) is 9.62. The minimum atomic E-state index is -0.499. The summed E-state index contributed by atoms with van der Waals surface area (Å²) in [5.41, 5.74) is 0.393. The Morgan fingerprint density at radius 1 is 1.67 bits per heavy atom. The monoisotopic (exact) mass is 213 g/mol. The van der Waals surface area contributed by atoms with Crippen molar-refractivity contribution in [1.82, 2.24) is 4.90 Å². The van der Waals surface area contributed by atoms with Crippen LogP contribution in [0.15, 0.2) is 12.2 Å². The van der Waals surface area contributed by atoms with Gasteiger partial charge in [0, 0.05) is 6.54 Å². The average Bonchev–Trinajstić information content (AvgIpc) is 2.43. The van der Waals surface area contributed by atoms with Crippen LogP contribution in [0.5, 0.6) is 0 Å². The third-order valence-corrected chi connectivity index (χ3v) is 2.32. The average molecular weight is 213 g/mol. The van der Waals surface area contributed by atoms with Gasteiger partial charge >= 0.3 is 6.09 Å². The van der Waals surface area contributed by atoms with Gasteiger partial charge in [-0.05, 0) is 27.2 Å². The topological polar surface area (TPSA) is 49.8 Å². The summed E-state index contributed by atoms with van der Waals surface area (Å²) in [7, 11) is 0. The predicted molar refractivity (Wildman–Crippen MR) is 57.6 cm³/mol. The molecule has 0 spiro atoms. The Balaban J connectivity index is 2.64. The van der Waals surface area contributed by atoms with Crippen molar-refractivity contribution in [2.75, 3.05) is 13.2 Å². The van der Waals surface area contributed by atoms with E-state index in [1.54, 1.807) is 0 Å². The maximum Gasteiger partial charge on any atom is 0.410 e. The van der Waals surface area contributed by atoms with Gasteiger partial charge in [-0.15, -0.1) is 0 Å². The summed E-state index contributed by atoms with van der Waals surface area (Å²) in [6.45, 7) is 9.79. The predicted octanol–water partition coefficient (Wildman–Crippen LogP) is 1.54. The van der Waals surface area contributed by atoms with Gasteiger partial charge in [0.15, 0.2) is 0 Å². The van der Waals surface area contributed by atoms with E-state index in [0.29, 0.717) is 6.54 Å². The van der Waals surface area contributed by atoms with Crippen molar-refractivity contribution in [1.29, 1.82) is 0 Å². The molecule has 1 heterocycles. The molecule has 1 rings (SSSR count). The van der Waals surface area contributed by atoms with E-state index in [-0.39, 0.29) is 18.7 Å². The molecule has 0 aromatic rings. The molecule has 1 N–H and O–H groups in total. The normalized spacial score (nSPS) is 22.0. The molecular formula is C11H19NO3. The van der Waals surface area contributed by atoms with E-state index in [9.17, 15) is 4.79 Å². The van der Waals surface area contributed by atoms with Gasteiger partial charge in [-0.3, -0.25) is 4.90 Å². The SMILES string of the molecule is C=C1CCN(C(=O)OC(C)(C)C)[C@@H]1CO. The Bertz CT molecular complexity index is 267. The summed E-state index contributed by atoms with van der Waals surface area (Å²) < 4.78 is 5.24. The van der Waals surface area contributed by atoms with Crippen LogP contribution in [0.25, 0.3) is 0 Å². The van der Waals surface area contributed by atoms with E-state index in [0.717, 1.165) is 12.0 Å². The quantitative estimate of drug-likeness (QED) is 0.672. The van der Waals surface area contributed by atoms with Gasteiger partial charge in [-0.1, -0.05) is 12.2 Å². The molecule has 0 aromatic heterocycles. The highest BCUT2D eigenvalue weighted by atomic mass is 16.6. The fourth-order valence-corrected chi connectivity index (χ4v) is 1.57. The molecule has 0 bridgehead atoms. The lowest BCUT2D eigenvalue weighted by Crippen LogP contribution is -2.41. The molecular weight excluding hydrogens is 194 g/mol. The number of nitrogens with zero attached hydrogens (tertiary/aromatic N) is 1. The number of carbonyl (C=O) groups is 1. The van der Waals surface area contributed by atoms with Crippen molar-refractivity contribution in [3.8, 4) is 0 Å². The Labute approximate surface area is 90.5 Å². The molecule has 0 unspecified atom stereocenters. The second-order valence-corrected chi connectivity index (χ2v) is 4.78. The van der Waals surface area contributed by atoms with Crippen molar-refractivity contribution < 1.29 is 14.6 Å². The van der Waals surface area contributed by atoms with Crippen LogP contribution in [0.4, 0.5) is 4.79 Å². The number of aliphatic hydroxyl groups is 1. The van der Waals surface area contributed by atoms with E-state index in [2.05, 4.69) is 6.58 Å². The number of carbonyl (C=O) groups excluding carboxylic acids is 1. The first-order valence-electron chi connectivity index (χ1n) is 5.13. The maximum absolute atomic E-state index is 11.7. The van der Waals surface area contributed by atoms with Crippen LogP contribution in [0.1, 0.15) is 27.2 Å². The van der Waals surface area contributed by atoms with Crippen molar-refractivity contribution >= 4 is 6.09 Å². The summed E-state index contributed by atoms with van der Waals surface area (Å²) in [5.74, 6) is 0. The molecule has 0 radical (unpaired) electrons. The molecule has 86 valence electrons. The lowest BCUT2D eigenvalue weighted by Gasteiger charge is -2.27. The number of hydrogen-bond acceptors (Lipinski definition) is 3. The van der Waals surface area contributed by atoms with Gasteiger partial charge in [0.2, 0.25) is 0 Å². The van der Waals surface area contributed by atoms with Gasteiger partial charge in [0.05, 0.1) is 12.6 Å². The van der Waals surface area contributed by atoms with Crippen LogP contribution in [-0.4, -0.2) is 40.9 Å². The number of aliphatic hydroxyl groups excluding tert-OH is 1. The maximum atomic E-state index is 11.7. The van der Waals surface area contributed by atoms with Crippen molar-refractivity contribution in [3.63, 3.8) is 0 Å². The molecule has 1 aliphatic rings. The summed E-state index contributed by atoms with van der Waals surface area (Å²) >= 11 is 0. The lowest BCUT2D eigenvalue weighted by molar-refractivity contribution is 0.0195. The molecule has 1 atom stereocenters. The third-order valence-electron chi connectivity index (χ3n) is 2.32. The van der Waals surface area contributed by atoms with E-state index < -0.39 is 5.60 Å². The first kappa shape index (κ1) is 12.0. The highest BCUT2D eigenvalue weighted by Crippen LogP contribution is 2.23. The van der Waals surface area contributed by atoms with Crippen LogP contribution in [-0.2, 0) is 4.74 Å². The van der Waals surface area contributed by atoms with E-state index in [1.807, 2.05) is 20.8 Å². The molecule has 0 aromatic carbocycles. The molecule has 4 nitrogen and oxygen atoms in total. The summed E-state index contributed by atoms with van der Waals surface area (Å²) in [4.78, 5) is 13.3. The van der Waals surface area contributed by atoms with E-state index in [1.165, 1.54) is 4.90 Å². The molecule has 1 saturated heterocycles. The fourth-order valence-electron chi connectivity index (χ4n) is 1.57. The Morgan fingerprint density at radius 3 is 2.73 bits per heavy atom. The largest absolute Gasteiger partial charge is 0.444 e. The standard InChI is InChI=1S/C11H19NO3/c1-8-5-6-12(9(8)7-13)10(14)15-11(2,3)4/h9,13H,1,5-7H2,2-4H3/t9-/m1/s1. The van der Waals surface area contributed by atoms with Crippen LogP contribution in [0, 0.1) is 0 Å². The van der Waals surface area contributed by atoms with Crippen LogP contribution >= 0.6 is 0 Å². The van der Waals surface area contributed by atoms with Crippen LogP contribution in [0.2, 0.25) is 0 Å². The summed E-state index contributed by atoms with van der Waals surface area (Å²) in [6.07, 6.45) is 0.366. The molecule has 0 saturated carbocycles. The van der Waals surface area contributed by atoms with Gasteiger partial charge in [0.1, 0.15) is 5.60 Å². The van der Waals surface area contributed by atoms with Gasteiger partial charge < -0.3 is 9.84 Å². The number of likely N-dealkylation sites (tertiary alicyclic amines) is 1. The smallest absolute Gasteiger partial charge is 0.410 e. The molecule has 1 aliphatic heterocycles. The fraction of sp³-hybridized carbons (Fsp3) is 0.727. The van der Waals surface area contributed by atoms with Gasteiger partial charge in [-0.2, -0.15) is 0 Å². The van der Waals surface area contributed by atoms with Crippen LogP contribution < -0.4 is 0 Å². The van der Waals surface area contributed by atoms with E-state index >= 15 is 0 Å². The number of amides is 1. The minimum Gasteiger partial charge on any atom is -0.444 e. The first-order valence-corrected chi connectivity index (χ1v) is 5.13. The highest BCUT2D eigenvalue weighted by Gasteiger charge is 2.33. The second kappa shape index (κ2) is 4.23. The number of rotatable bonds is 1. The van der Waals surface area contributed by atoms with Gasteiger partial charge in [-0.25, -0.2) is 4.79 Å².